The number of methoxy groups -OCH3 is 1. The van der Waals surface area contributed by atoms with Gasteiger partial charge in [0.25, 0.3) is 0 Å². The second-order valence-electron chi connectivity index (χ2n) is 3.99. The highest BCUT2D eigenvalue weighted by atomic mass is 79.9. The number of carbonyl (C=O) groups is 1. The number of benzene rings is 1. The molecule has 4 nitrogen and oxygen atoms in total. The number of ether oxygens (including phenoxy) is 1. The van der Waals surface area contributed by atoms with Gasteiger partial charge in [0.1, 0.15) is 11.4 Å². The van der Waals surface area contributed by atoms with Gasteiger partial charge in [-0.05, 0) is 33.6 Å². The number of carbonyl (C=O) groups excluding carboxylic acids is 1. The summed E-state index contributed by atoms with van der Waals surface area (Å²) >= 11 is 9.37. The molecule has 0 aliphatic carbocycles. The van der Waals surface area contributed by atoms with Crippen molar-refractivity contribution in [3.8, 4) is 0 Å². The predicted octanol–water partition coefficient (Wildman–Crippen LogP) is 3.90. The van der Waals surface area contributed by atoms with Crippen molar-refractivity contribution in [1.29, 1.82) is 0 Å². The van der Waals surface area contributed by atoms with Crippen LogP contribution in [0.1, 0.15) is 15.9 Å². The minimum atomic E-state index is -0.444. The van der Waals surface area contributed by atoms with Crippen molar-refractivity contribution in [2.75, 3.05) is 12.4 Å². The number of hydrogen-bond acceptors (Lipinski definition) is 4. The van der Waals surface area contributed by atoms with E-state index in [2.05, 4.69) is 26.2 Å². The molecule has 0 atom stereocenters. The number of anilines is 1. The summed E-state index contributed by atoms with van der Waals surface area (Å²) < 4.78 is 5.45. The third-order valence-electron chi connectivity index (χ3n) is 2.66. The zero-order chi connectivity index (χ0) is 14.5. The molecule has 1 N–H and O–H groups in total. The van der Waals surface area contributed by atoms with Crippen LogP contribution in [-0.2, 0) is 11.3 Å². The molecule has 2 rings (SSSR count). The number of pyridine rings is 1. The molecule has 20 heavy (non-hydrogen) atoms. The van der Waals surface area contributed by atoms with Gasteiger partial charge in [-0.15, -0.1) is 0 Å². The molecule has 104 valence electrons. The number of aromatic nitrogens is 1. The van der Waals surface area contributed by atoms with Crippen LogP contribution in [0.2, 0.25) is 5.02 Å². The fraction of sp³-hybridized carbons (Fsp3) is 0.143. The number of rotatable bonds is 4. The molecule has 1 aromatic carbocycles. The van der Waals surface area contributed by atoms with Crippen molar-refractivity contribution in [2.45, 2.75) is 6.54 Å². The molecule has 0 spiro atoms. The summed E-state index contributed by atoms with van der Waals surface area (Å²) in [5, 5.41) is 3.76. The normalized spacial score (nSPS) is 10.2. The lowest BCUT2D eigenvalue weighted by atomic mass is 10.2. The Morgan fingerprint density at radius 3 is 2.90 bits per heavy atom. The molecule has 0 fully saturated rings. The maximum Gasteiger partial charge on any atom is 0.341 e. The van der Waals surface area contributed by atoms with E-state index in [0.717, 1.165) is 5.56 Å². The first kappa shape index (κ1) is 14.8. The van der Waals surface area contributed by atoms with Gasteiger partial charge >= 0.3 is 5.97 Å². The highest BCUT2D eigenvalue weighted by molar-refractivity contribution is 9.10. The highest BCUT2D eigenvalue weighted by Crippen LogP contribution is 2.21. The molecular weight excluding hydrogens is 344 g/mol. The third kappa shape index (κ3) is 3.49. The largest absolute Gasteiger partial charge is 0.465 e. The molecule has 0 saturated heterocycles. The fourth-order valence-corrected chi connectivity index (χ4v) is 2.20. The summed E-state index contributed by atoms with van der Waals surface area (Å²) in [5.74, 6) is 0.0143. The number of nitrogens with one attached hydrogen (secondary N) is 1. The summed E-state index contributed by atoms with van der Waals surface area (Å²) in [5.41, 5.74) is 1.30. The van der Waals surface area contributed by atoms with Crippen LogP contribution >= 0.6 is 27.5 Å². The zero-order valence-electron chi connectivity index (χ0n) is 10.7. The van der Waals surface area contributed by atoms with Gasteiger partial charge in [0, 0.05) is 22.2 Å². The maximum absolute atomic E-state index is 11.7. The van der Waals surface area contributed by atoms with E-state index in [9.17, 15) is 4.79 Å². The van der Waals surface area contributed by atoms with Crippen LogP contribution in [0.25, 0.3) is 0 Å². The van der Waals surface area contributed by atoms with E-state index in [1.54, 1.807) is 12.3 Å². The average Bonchev–Trinajstić information content (AvgIpc) is 2.46. The number of esters is 1. The van der Waals surface area contributed by atoms with Gasteiger partial charge in [-0.2, -0.15) is 0 Å². The van der Waals surface area contributed by atoms with Crippen molar-refractivity contribution >= 4 is 39.3 Å². The van der Waals surface area contributed by atoms with Crippen LogP contribution < -0.4 is 5.32 Å². The second kappa shape index (κ2) is 6.72. The molecule has 0 aliphatic rings. The summed E-state index contributed by atoms with van der Waals surface area (Å²) in [6.07, 6.45) is 1.61. The van der Waals surface area contributed by atoms with E-state index >= 15 is 0 Å². The Hall–Kier alpha value is -1.59. The van der Waals surface area contributed by atoms with Crippen molar-refractivity contribution in [3.05, 3.63) is 57.2 Å². The molecule has 0 radical (unpaired) electrons. The van der Waals surface area contributed by atoms with Crippen molar-refractivity contribution in [1.82, 2.24) is 4.98 Å². The molecule has 0 bridgehead atoms. The molecule has 1 aromatic heterocycles. The molecule has 2 aromatic rings. The van der Waals surface area contributed by atoms with Gasteiger partial charge < -0.3 is 10.1 Å². The SMILES string of the molecule is COC(=O)c1cc(Br)cnc1NCc1ccccc1Cl. The molecular formula is C14H12BrClN2O2. The molecule has 0 saturated carbocycles. The summed E-state index contributed by atoms with van der Waals surface area (Å²) in [4.78, 5) is 15.9. The van der Waals surface area contributed by atoms with Crippen molar-refractivity contribution < 1.29 is 9.53 Å². The van der Waals surface area contributed by atoms with E-state index in [4.69, 9.17) is 16.3 Å². The average molecular weight is 356 g/mol. The number of nitrogens with zero attached hydrogens (tertiary/aromatic N) is 1. The molecule has 6 heteroatoms. The van der Waals surface area contributed by atoms with Gasteiger partial charge in [-0.25, -0.2) is 9.78 Å². The second-order valence-corrected chi connectivity index (χ2v) is 5.31. The van der Waals surface area contributed by atoms with Crippen LogP contribution in [0.3, 0.4) is 0 Å². The number of hydrogen-bond donors (Lipinski definition) is 1. The van der Waals surface area contributed by atoms with Crippen LogP contribution in [0, 0.1) is 0 Å². The molecule has 1 heterocycles. The standard InChI is InChI=1S/C14H12BrClN2O2/c1-20-14(19)11-6-10(15)8-18-13(11)17-7-9-4-2-3-5-12(9)16/h2-6,8H,7H2,1H3,(H,17,18). The lowest BCUT2D eigenvalue weighted by molar-refractivity contribution is 0.0601. The molecule has 0 aliphatic heterocycles. The van der Waals surface area contributed by atoms with Crippen LogP contribution in [0.5, 0.6) is 0 Å². The summed E-state index contributed by atoms with van der Waals surface area (Å²) in [6, 6.07) is 9.15. The Morgan fingerprint density at radius 1 is 1.45 bits per heavy atom. The van der Waals surface area contributed by atoms with Gasteiger partial charge in [0.2, 0.25) is 0 Å². The lowest BCUT2D eigenvalue weighted by Crippen LogP contribution is -2.10. The first-order chi connectivity index (χ1) is 9.61. The topological polar surface area (TPSA) is 51.2 Å². The van der Waals surface area contributed by atoms with Gasteiger partial charge in [0.15, 0.2) is 0 Å². The zero-order valence-corrected chi connectivity index (χ0v) is 13.0. The minimum Gasteiger partial charge on any atom is -0.465 e. The predicted molar refractivity (Wildman–Crippen MR) is 82.1 cm³/mol. The Kier molecular flexibility index (Phi) is 4.98. The highest BCUT2D eigenvalue weighted by Gasteiger charge is 2.14. The smallest absolute Gasteiger partial charge is 0.341 e. The van der Waals surface area contributed by atoms with Crippen LogP contribution in [-0.4, -0.2) is 18.1 Å². The van der Waals surface area contributed by atoms with Gasteiger partial charge in [-0.1, -0.05) is 29.8 Å². The van der Waals surface area contributed by atoms with Crippen molar-refractivity contribution in [2.24, 2.45) is 0 Å². The minimum absolute atomic E-state index is 0.369. The van der Waals surface area contributed by atoms with E-state index in [-0.39, 0.29) is 0 Å². The monoisotopic (exact) mass is 354 g/mol. The summed E-state index contributed by atoms with van der Waals surface area (Å²) in [7, 11) is 1.33. The third-order valence-corrected chi connectivity index (χ3v) is 3.47. The Balaban J connectivity index is 2.21. The van der Waals surface area contributed by atoms with Gasteiger partial charge in [-0.3, -0.25) is 0 Å². The Bertz CT molecular complexity index is 634. The maximum atomic E-state index is 11.7. The Morgan fingerprint density at radius 2 is 2.20 bits per heavy atom. The van der Waals surface area contributed by atoms with E-state index in [1.165, 1.54) is 7.11 Å². The van der Waals surface area contributed by atoms with Crippen LogP contribution in [0.4, 0.5) is 5.82 Å². The van der Waals surface area contributed by atoms with E-state index in [1.807, 2.05) is 24.3 Å². The van der Waals surface area contributed by atoms with Gasteiger partial charge in [0.05, 0.1) is 7.11 Å². The van der Waals surface area contributed by atoms with Crippen LogP contribution in [0.15, 0.2) is 41.0 Å². The number of halogens is 2. The first-order valence-corrected chi connectivity index (χ1v) is 7.00. The van der Waals surface area contributed by atoms with E-state index in [0.29, 0.717) is 27.4 Å². The first-order valence-electron chi connectivity index (χ1n) is 5.83. The van der Waals surface area contributed by atoms with E-state index < -0.39 is 5.97 Å². The quantitative estimate of drug-likeness (QED) is 0.845. The molecule has 0 amide bonds. The fourth-order valence-electron chi connectivity index (χ4n) is 1.67. The Labute approximate surface area is 130 Å². The molecule has 0 unspecified atom stereocenters. The van der Waals surface area contributed by atoms with Crippen molar-refractivity contribution in [3.63, 3.8) is 0 Å². The lowest BCUT2D eigenvalue weighted by Gasteiger charge is -2.11. The summed E-state index contributed by atoms with van der Waals surface area (Å²) in [6.45, 7) is 0.471.